The number of ether oxygens (including phenoxy) is 2. The normalized spacial score (nSPS) is 11.9. The van der Waals surface area contributed by atoms with Crippen molar-refractivity contribution in [3.05, 3.63) is 72.3 Å². The van der Waals surface area contributed by atoms with Crippen LogP contribution in [0.5, 0.6) is 11.5 Å². The minimum absolute atomic E-state index is 0.132. The molecule has 5 nitrogen and oxygen atoms in total. The van der Waals surface area contributed by atoms with Crippen LogP contribution in [-0.2, 0) is 18.7 Å². The van der Waals surface area contributed by atoms with Gasteiger partial charge in [0.2, 0.25) is 0 Å². The fraction of sp³-hybridized carbons (Fsp3) is 0.481. The Morgan fingerprint density at radius 1 is 0.758 bits per heavy atom. The molecule has 0 saturated heterocycles. The summed E-state index contributed by atoms with van der Waals surface area (Å²) in [5.41, 5.74) is 2.32. The highest BCUT2D eigenvalue weighted by Crippen LogP contribution is 2.33. The van der Waals surface area contributed by atoms with E-state index in [0.29, 0.717) is 33.0 Å². The molecule has 0 unspecified atom stereocenters. The van der Waals surface area contributed by atoms with Gasteiger partial charge in [0.15, 0.2) is 0 Å². The molecule has 0 aliphatic heterocycles. The zero-order valence-electron chi connectivity index (χ0n) is 20.9. The van der Waals surface area contributed by atoms with Gasteiger partial charge >= 0.3 is 8.80 Å². The highest BCUT2D eigenvalue weighted by molar-refractivity contribution is 6.60. The van der Waals surface area contributed by atoms with Crippen LogP contribution in [0, 0.1) is 0 Å². The van der Waals surface area contributed by atoms with E-state index < -0.39 is 8.80 Å². The maximum Gasteiger partial charge on any atom is 0.501 e. The first-order chi connectivity index (χ1) is 15.9. The Morgan fingerprint density at radius 2 is 1.21 bits per heavy atom. The van der Waals surface area contributed by atoms with E-state index in [9.17, 15) is 0 Å². The van der Waals surface area contributed by atoms with Crippen LogP contribution in [-0.4, -0.2) is 41.8 Å². The first-order valence-electron chi connectivity index (χ1n) is 11.9. The minimum Gasteiger partial charge on any atom is -0.494 e. The number of benzene rings is 2. The molecule has 0 heterocycles. The van der Waals surface area contributed by atoms with Gasteiger partial charge in [-0.3, -0.25) is 0 Å². The molecule has 0 radical (unpaired) electrons. The predicted octanol–water partition coefficient (Wildman–Crippen LogP) is 6.39. The largest absolute Gasteiger partial charge is 0.501 e. The average molecular weight is 473 g/mol. The van der Waals surface area contributed by atoms with Crippen molar-refractivity contribution in [1.82, 2.24) is 0 Å². The molecule has 0 bridgehead atoms. The lowest BCUT2D eigenvalue weighted by Crippen LogP contribution is -2.46. The van der Waals surface area contributed by atoms with Crippen LogP contribution in [0.15, 0.2) is 61.2 Å². The highest BCUT2D eigenvalue weighted by atomic mass is 28.4. The van der Waals surface area contributed by atoms with Gasteiger partial charge in [-0.15, -0.1) is 0 Å². The second-order valence-electron chi connectivity index (χ2n) is 8.21. The molecule has 2 rings (SSSR count). The Morgan fingerprint density at radius 3 is 1.64 bits per heavy atom. The van der Waals surface area contributed by atoms with Gasteiger partial charge in [0.05, 0.1) is 6.61 Å². The van der Waals surface area contributed by atoms with E-state index in [1.54, 1.807) is 6.08 Å². The summed E-state index contributed by atoms with van der Waals surface area (Å²) >= 11 is 0. The molecule has 0 saturated carbocycles. The molecule has 0 aliphatic carbocycles. The third kappa shape index (κ3) is 8.00. The van der Waals surface area contributed by atoms with Gasteiger partial charge in [-0.1, -0.05) is 50.8 Å². The fourth-order valence-electron chi connectivity index (χ4n) is 3.74. The molecular formula is C27H40O5Si. The smallest absolute Gasteiger partial charge is 0.494 e. The molecule has 33 heavy (non-hydrogen) atoms. The number of rotatable bonds is 16. The van der Waals surface area contributed by atoms with Gasteiger partial charge in [0, 0.05) is 31.3 Å². The van der Waals surface area contributed by atoms with Gasteiger partial charge < -0.3 is 22.8 Å². The summed E-state index contributed by atoms with van der Waals surface area (Å²) in [5, 5.41) is 0. The zero-order valence-corrected chi connectivity index (χ0v) is 21.9. The van der Waals surface area contributed by atoms with Crippen molar-refractivity contribution in [3.63, 3.8) is 0 Å². The van der Waals surface area contributed by atoms with E-state index in [1.165, 1.54) is 11.1 Å². The Kier molecular flexibility index (Phi) is 11.1. The first kappa shape index (κ1) is 27.1. The monoisotopic (exact) mass is 472 g/mol. The van der Waals surface area contributed by atoms with Gasteiger partial charge in [0.25, 0.3) is 0 Å². The van der Waals surface area contributed by atoms with Crippen molar-refractivity contribution >= 4 is 8.80 Å². The molecule has 0 N–H and O–H groups in total. The van der Waals surface area contributed by atoms with Crippen molar-refractivity contribution in [2.24, 2.45) is 0 Å². The Bertz CT molecular complexity index is 800. The lowest BCUT2D eigenvalue weighted by molar-refractivity contribution is 0.0696. The SMILES string of the molecule is C=CCOc1ccc(C(C)(C)c2ccc(OCCC[Si](OCC)(OCC)OCC)cc2)cc1. The summed E-state index contributed by atoms with van der Waals surface area (Å²) in [6.07, 6.45) is 2.57. The van der Waals surface area contributed by atoms with Gasteiger partial charge in [-0.25, -0.2) is 0 Å². The van der Waals surface area contributed by atoms with Crippen LogP contribution < -0.4 is 9.47 Å². The number of hydrogen-bond donors (Lipinski definition) is 0. The quantitative estimate of drug-likeness (QED) is 0.161. The van der Waals surface area contributed by atoms with Crippen LogP contribution in [0.25, 0.3) is 0 Å². The maximum atomic E-state index is 5.99. The van der Waals surface area contributed by atoms with Gasteiger partial charge in [-0.05, 0) is 62.6 Å². The summed E-state index contributed by atoms with van der Waals surface area (Å²) in [6.45, 7) is 16.9. The van der Waals surface area contributed by atoms with E-state index in [2.05, 4.69) is 44.7 Å². The van der Waals surface area contributed by atoms with Crippen LogP contribution >= 0.6 is 0 Å². The molecule has 0 aliphatic rings. The topological polar surface area (TPSA) is 46.2 Å². The van der Waals surface area contributed by atoms with E-state index >= 15 is 0 Å². The van der Waals surface area contributed by atoms with Crippen LogP contribution in [0.1, 0.15) is 52.2 Å². The predicted molar refractivity (Wildman–Crippen MR) is 136 cm³/mol. The highest BCUT2D eigenvalue weighted by Gasteiger charge is 2.39. The third-order valence-electron chi connectivity index (χ3n) is 5.51. The van der Waals surface area contributed by atoms with E-state index in [-0.39, 0.29) is 5.41 Å². The van der Waals surface area contributed by atoms with Crippen molar-refractivity contribution in [2.75, 3.05) is 33.0 Å². The molecule has 0 atom stereocenters. The Labute approximate surface area is 201 Å². The molecule has 182 valence electrons. The molecule has 0 spiro atoms. The molecule has 0 fully saturated rings. The summed E-state index contributed by atoms with van der Waals surface area (Å²) in [4.78, 5) is 0. The summed E-state index contributed by atoms with van der Waals surface area (Å²) < 4.78 is 29.3. The molecular weight excluding hydrogens is 432 g/mol. The second kappa shape index (κ2) is 13.6. The van der Waals surface area contributed by atoms with Gasteiger partial charge in [-0.2, -0.15) is 0 Å². The summed E-state index contributed by atoms with van der Waals surface area (Å²) in [6, 6.07) is 17.4. The fourth-order valence-corrected chi connectivity index (χ4v) is 6.32. The number of hydrogen-bond acceptors (Lipinski definition) is 5. The van der Waals surface area contributed by atoms with Crippen LogP contribution in [0.4, 0.5) is 0 Å². The van der Waals surface area contributed by atoms with E-state index in [0.717, 1.165) is 24.0 Å². The molecule has 2 aromatic rings. The average Bonchev–Trinajstić information content (AvgIpc) is 2.82. The van der Waals surface area contributed by atoms with Crippen molar-refractivity contribution in [2.45, 2.75) is 52.5 Å². The molecule has 0 aromatic heterocycles. The van der Waals surface area contributed by atoms with E-state index in [4.69, 9.17) is 22.8 Å². The van der Waals surface area contributed by atoms with Gasteiger partial charge in [0.1, 0.15) is 18.1 Å². The van der Waals surface area contributed by atoms with Crippen molar-refractivity contribution in [3.8, 4) is 11.5 Å². The summed E-state index contributed by atoms with van der Waals surface area (Å²) in [5.74, 6) is 1.71. The first-order valence-corrected chi connectivity index (χ1v) is 13.8. The molecule has 0 amide bonds. The second-order valence-corrected chi connectivity index (χ2v) is 10.9. The minimum atomic E-state index is -2.61. The van der Waals surface area contributed by atoms with E-state index in [1.807, 2.05) is 45.0 Å². The lowest BCUT2D eigenvalue weighted by atomic mass is 9.78. The Balaban J connectivity index is 1.94. The third-order valence-corrected chi connectivity index (χ3v) is 8.66. The van der Waals surface area contributed by atoms with Crippen LogP contribution in [0.2, 0.25) is 6.04 Å². The molecule has 6 heteroatoms. The van der Waals surface area contributed by atoms with Crippen molar-refractivity contribution < 1.29 is 22.8 Å². The van der Waals surface area contributed by atoms with Crippen molar-refractivity contribution in [1.29, 1.82) is 0 Å². The lowest BCUT2D eigenvalue weighted by Gasteiger charge is -2.28. The van der Waals surface area contributed by atoms with Crippen LogP contribution in [0.3, 0.4) is 0 Å². The summed E-state index contributed by atoms with van der Waals surface area (Å²) in [7, 11) is -2.61. The maximum absolute atomic E-state index is 5.99. The zero-order chi connectivity index (χ0) is 24.2. The molecule has 2 aromatic carbocycles. The standard InChI is InChI=1S/C27H40O5Si/c1-7-20-28-25-16-12-23(13-17-25)27(5,6)24-14-18-26(19-15-24)29-21-11-22-33(30-8-2,31-9-3)32-10-4/h7,12-19H,1,8-11,20-22H2,2-6H3. The Hall–Kier alpha value is -2.12.